The molecule has 0 saturated heterocycles. The molecule has 1 heterocycles. The number of methoxy groups -OCH3 is 1. The molecule has 2 N–H and O–H groups in total. The van der Waals surface area contributed by atoms with Crippen molar-refractivity contribution < 1.29 is 13.9 Å². The SMILES string of the molecule is COC(=O)C(N)C1(c2ccc(Br)o2)CC1. The van der Waals surface area contributed by atoms with Crippen LogP contribution in [-0.2, 0) is 14.9 Å². The highest BCUT2D eigenvalue weighted by molar-refractivity contribution is 9.10. The van der Waals surface area contributed by atoms with Gasteiger partial charge in [0.05, 0.1) is 12.5 Å². The lowest BCUT2D eigenvalue weighted by molar-refractivity contribution is -0.143. The number of hydrogen-bond donors (Lipinski definition) is 1. The third-order valence-electron chi connectivity index (χ3n) is 2.90. The summed E-state index contributed by atoms with van der Waals surface area (Å²) in [5.74, 6) is 0.368. The van der Waals surface area contributed by atoms with Gasteiger partial charge in [0.1, 0.15) is 11.8 Å². The van der Waals surface area contributed by atoms with Gasteiger partial charge >= 0.3 is 5.97 Å². The van der Waals surface area contributed by atoms with Crippen molar-refractivity contribution in [3.8, 4) is 0 Å². The van der Waals surface area contributed by atoms with E-state index < -0.39 is 6.04 Å². The fourth-order valence-electron chi connectivity index (χ4n) is 1.78. The van der Waals surface area contributed by atoms with Crippen molar-refractivity contribution in [2.24, 2.45) is 5.73 Å². The van der Waals surface area contributed by atoms with Crippen LogP contribution in [0.3, 0.4) is 0 Å². The Morgan fingerprint density at radius 1 is 1.67 bits per heavy atom. The van der Waals surface area contributed by atoms with E-state index in [0.717, 1.165) is 18.6 Å². The average molecular weight is 274 g/mol. The van der Waals surface area contributed by atoms with Gasteiger partial charge in [-0.2, -0.15) is 0 Å². The Labute approximate surface area is 95.9 Å². The molecule has 82 valence electrons. The van der Waals surface area contributed by atoms with Crippen molar-refractivity contribution in [2.45, 2.75) is 24.3 Å². The normalized spacial score (nSPS) is 19.7. The fraction of sp³-hybridized carbons (Fsp3) is 0.500. The van der Waals surface area contributed by atoms with E-state index in [-0.39, 0.29) is 11.4 Å². The molecular weight excluding hydrogens is 262 g/mol. The Kier molecular flexibility index (Phi) is 2.60. The van der Waals surface area contributed by atoms with Crippen LogP contribution in [0.2, 0.25) is 0 Å². The molecule has 1 atom stereocenters. The molecule has 0 aromatic carbocycles. The maximum Gasteiger partial charge on any atom is 0.323 e. The van der Waals surface area contributed by atoms with Crippen LogP contribution in [0.1, 0.15) is 18.6 Å². The van der Waals surface area contributed by atoms with Crippen molar-refractivity contribution in [1.29, 1.82) is 0 Å². The van der Waals surface area contributed by atoms with Crippen LogP contribution in [0.15, 0.2) is 21.2 Å². The summed E-state index contributed by atoms with van der Waals surface area (Å²) in [6.07, 6.45) is 1.73. The zero-order valence-electron chi connectivity index (χ0n) is 8.33. The molecule has 5 heteroatoms. The van der Waals surface area contributed by atoms with Crippen LogP contribution >= 0.6 is 15.9 Å². The third-order valence-corrected chi connectivity index (χ3v) is 3.33. The van der Waals surface area contributed by atoms with E-state index in [1.165, 1.54) is 7.11 Å². The second-order valence-electron chi connectivity index (χ2n) is 3.76. The van der Waals surface area contributed by atoms with Crippen LogP contribution in [0.5, 0.6) is 0 Å². The molecular formula is C10H12BrNO3. The lowest BCUT2D eigenvalue weighted by Crippen LogP contribution is -2.42. The molecule has 1 aliphatic rings. The fourth-order valence-corrected chi connectivity index (χ4v) is 2.09. The zero-order chi connectivity index (χ0) is 11.1. The van der Waals surface area contributed by atoms with Crippen molar-refractivity contribution in [3.63, 3.8) is 0 Å². The summed E-state index contributed by atoms with van der Waals surface area (Å²) >= 11 is 3.23. The number of hydrogen-bond acceptors (Lipinski definition) is 4. The molecule has 1 aromatic heterocycles. The van der Waals surface area contributed by atoms with Crippen LogP contribution < -0.4 is 5.73 Å². The minimum atomic E-state index is -0.638. The zero-order valence-corrected chi connectivity index (χ0v) is 9.91. The van der Waals surface area contributed by atoms with Gasteiger partial charge in [-0.1, -0.05) is 0 Å². The van der Waals surface area contributed by atoms with Crippen LogP contribution in [0, 0.1) is 0 Å². The summed E-state index contributed by atoms with van der Waals surface area (Å²) in [5, 5.41) is 0. The largest absolute Gasteiger partial charge is 0.468 e. The van der Waals surface area contributed by atoms with Crippen LogP contribution in [0.4, 0.5) is 0 Å². The Balaban J connectivity index is 2.24. The summed E-state index contributed by atoms with van der Waals surface area (Å²) in [6.45, 7) is 0. The molecule has 4 nitrogen and oxygen atoms in total. The van der Waals surface area contributed by atoms with Gasteiger partial charge in [0.25, 0.3) is 0 Å². The molecule has 0 bridgehead atoms. The van der Waals surface area contributed by atoms with Crippen molar-refractivity contribution in [3.05, 3.63) is 22.6 Å². The van der Waals surface area contributed by atoms with Crippen LogP contribution in [0.25, 0.3) is 0 Å². The molecule has 1 aliphatic carbocycles. The van der Waals surface area contributed by atoms with Gasteiger partial charge in [0, 0.05) is 0 Å². The van der Waals surface area contributed by atoms with Gasteiger partial charge < -0.3 is 14.9 Å². The Morgan fingerprint density at radius 2 is 2.33 bits per heavy atom. The van der Waals surface area contributed by atoms with E-state index in [1.54, 1.807) is 6.07 Å². The molecule has 0 radical (unpaired) electrons. The van der Waals surface area contributed by atoms with Gasteiger partial charge in [-0.3, -0.25) is 4.79 Å². The topological polar surface area (TPSA) is 65.5 Å². The van der Waals surface area contributed by atoms with E-state index in [2.05, 4.69) is 20.7 Å². The Morgan fingerprint density at radius 3 is 2.73 bits per heavy atom. The number of furan rings is 1. The molecule has 0 aliphatic heterocycles. The lowest BCUT2D eigenvalue weighted by Gasteiger charge is -2.18. The van der Waals surface area contributed by atoms with Gasteiger partial charge in [-0.25, -0.2) is 0 Å². The molecule has 15 heavy (non-hydrogen) atoms. The quantitative estimate of drug-likeness (QED) is 0.850. The first-order chi connectivity index (χ1) is 7.10. The molecule has 1 aromatic rings. The number of esters is 1. The standard InChI is InChI=1S/C10H12BrNO3/c1-14-9(13)8(12)10(4-5-10)6-2-3-7(11)15-6/h2-3,8H,4-5,12H2,1H3. The molecule has 0 spiro atoms. The van der Waals surface area contributed by atoms with E-state index in [0.29, 0.717) is 4.67 Å². The summed E-state index contributed by atoms with van der Waals surface area (Å²) in [4.78, 5) is 11.4. The second kappa shape index (κ2) is 3.64. The first-order valence-corrected chi connectivity index (χ1v) is 5.49. The number of carbonyl (C=O) groups excluding carboxylic acids is 1. The highest BCUT2D eigenvalue weighted by Crippen LogP contribution is 2.51. The minimum Gasteiger partial charge on any atom is -0.468 e. The molecule has 0 amide bonds. The molecule has 1 saturated carbocycles. The van der Waals surface area contributed by atoms with E-state index in [4.69, 9.17) is 10.2 Å². The summed E-state index contributed by atoms with van der Waals surface area (Å²) in [6, 6.07) is 3.01. The van der Waals surface area contributed by atoms with Crippen molar-refractivity contribution in [1.82, 2.24) is 0 Å². The van der Waals surface area contributed by atoms with Crippen LogP contribution in [-0.4, -0.2) is 19.1 Å². The Hall–Kier alpha value is -0.810. The maximum atomic E-state index is 11.4. The molecule has 2 rings (SSSR count). The first-order valence-electron chi connectivity index (χ1n) is 4.69. The number of ether oxygens (including phenoxy) is 1. The highest BCUT2D eigenvalue weighted by atomic mass is 79.9. The molecule has 1 fully saturated rings. The van der Waals surface area contributed by atoms with E-state index in [1.807, 2.05) is 6.07 Å². The summed E-state index contributed by atoms with van der Waals surface area (Å²) in [5.41, 5.74) is 5.51. The van der Waals surface area contributed by atoms with Crippen molar-refractivity contribution >= 4 is 21.9 Å². The number of carbonyl (C=O) groups is 1. The predicted octanol–water partition coefficient (Wildman–Crippen LogP) is 1.57. The predicted molar refractivity (Wildman–Crippen MR) is 57.3 cm³/mol. The number of nitrogens with two attached hydrogens (primary N) is 1. The van der Waals surface area contributed by atoms with E-state index >= 15 is 0 Å². The average Bonchev–Trinajstić information content (AvgIpc) is 2.94. The second-order valence-corrected chi connectivity index (χ2v) is 4.54. The minimum absolute atomic E-state index is 0.348. The number of rotatable bonds is 3. The van der Waals surface area contributed by atoms with E-state index in [9.17, 15) is 4.79 Å². The number of halogens is 1. The van der Waals surface area contributed by atoms with Gasteiger partial charge in [0.15, 0.2) is 4.67 Å². The monoisotopic (exact) mass is 273 g/mol. The van der Waals surface area contributed by atoms with Gasteiger partial charge in [-0.15, -0.1) is 0 Å². The van der Waals surface area contributed by atoms with Gasteiger partial charge in [0.2, 0.25) is 0 Å². The first kappa shape index (κ1) is 10.7. The summed E-state index contributed by atoms with van der Waals surface area (Å²) < 4.78 is 10.8. The smallest absolute Gasteiger partial charge is 0.323 e. The Bertz CT molecular complexity index is 384. The highest BCUT2D eigenvalue weighted by Gasteiger charge is 2.55. The van der Waals surface area contributed by atoms with Crippen molar-refractivity contribution in [2.75, 3.05) is 7.11 Å². The summed E-state index contributed by atoms with van der Waals surface area (Å²) in [7, 11) is 1.34. The third kappa shape index (κ3) is 1.70. The van der Waals surface area contributed by atoms with Gasteiger partial charge in [-0.05, 0) is 40.9 Å². The maximum absolute atomic E-state index is 11.4. The lowest BCUT2D eigenvalue weighted by atomic mass is 9.94. The molecule has 1 unspecified atom stereocenters.